The van der Waals surface area contributed by atoms with Crippen molar-refractivity contribution < 1.29 is 47.6 Å². The Balaban J connectivity index is 0.677. The molecule has 4 atom stereocenters. The molecule has 6 heterocycles. The minimum absolute atomic E-state index is 0.0183. The number of imide groups is 1. The minimum Gasteiger partial charge on any atom is -0.491 e. The number of anilines is 2. The van der Waals surface area contributed by atoms with Crippen molar-refractivity contribution >= 4 is 46.0 Å². The second-order valence-electron chi connectivity index (χ2n) is 18.5. The highest BCUT2D eigenvalue weighted by atomic mass is 16.6. The Hall–Kier alpha value is -6.63. The molecule has 71 heavy (non-hydrogen) atoms. The molecule has 20 heteroatoms. The number of nitrogens with one attached hydrogen (secondary N) is 1. The van der Waals surface area contributed by atoms with E-state index in [0.717, 1.165) is 54.3 Å². The second-order valence-corrected chi connectivity index (χ2v) is 18.5. The van der Waals surface area contributed by atoms with Crippen molar-refractivity contribution in [1.29, 1.82) is 5.26 Å². The van der Waals surface area contributed by atoms with Gasteiger partial charge < -0.3 is 53.8 Å². The van der Waals surface area contributed by atoms with Crippen LogP contribution < -0.4 is 30.3 Å². The fourth-order valence-corrected chi connectivity index (χ4v) is 10.2. The number of hydrogen-bond acceptors (Lipinski definition) is 16. The molecule has 3 aromatic carbocycles. The average molecular weight is 975 g/mol. The third-order valence-electron chi connectivity index (χ3n) is 13.9. The van der Waals surface area contributed by atoms with E-state index in [1.54, 1.807) is 17.0 Å². The van der Waals surface area contributed by atoms with Crippen molar-refractivity contribution in [2.45, 2.75) is 69.4 Å². The standard InChI is InChI=1S/C51H62N10O10/c1-57-31-39(70-26-24-68-22-20-66-19-21-67-23-25-69-38-9-10-41-35(27-38)29-61(49(41)64)45-11-12-46(62)55-48(45)63)28-37(57)33-71-51-54-43-32-58(44-8-4-6-34-5-2-3-7-40(34)44)16-14-42(43)47(56-51)59-17-18-60(50(53)65)36(30-59)13-15-52/h2-10,27,36-37,39,45H,11-14,16-26,28-33H2,1H3,(H2,53,65)(H,55,62,63)/t36-,37-,39+,45?/m0/s1. The van der Waals surface area contributed by atoms with Gasteiger partial charge in [-0.3, -0.25) is 24.6 Å². The van der Waals surface area contributed by atoms with Gasteiger partial charge in [0.2, 0.25) is 11.8 Å². The lowest BCUT2D eigenvalue weighted by molar-refractivity contribution is -0.136. The first-order valence-electron chi connectivity index (χ1n) is 24.5. The van der Waals surface area contributed by atoms with Gasteiger partial charge in [0.25, 0.3) is 5.91 Å². The zero-order valence-electron chi connectivity index (χ0n) is 40.2. The van der Waals surface area contributed by atoms with Crippen LogP contribution in [0.3, 0.4) is 0 Å². The summed E-state index contributed by atoms with van der Waals surface area (Å²) in [5.41, 5.74) is 10.1. The van der Waals surface area contributed by atoms with E-state index >= 15 is 0 Å². The van der Waals surface area contributed by atoms with Gasteiger partial charge in [-0.15, -0.1) is 0 Å². The van der Waals surface area contributed by atoms with E-state index in [4.69, 9.17) is 44.1 Å². The van der Waals surface area contributed by atoms with Crippen LogP contribution in [0.2, 0.25) is 0 Å². The predicted molar refractivity (Wildman–Crippen MR) is 260 cm³/mol. The molecular formula is C51H62N10O10. The van der Waals surface area contributed by atoms with Crippen LogP contribution in [-0.4, -0.2) is 172 Å². The van der Waals surface area contributed by atoms with E-state index < -0.39 is 18.0 Å². The maximum absolute atomic E-state index is 12.9. The van der Waals surface area contributed by atoms with Gasteiger partial charge in [-0.25, -0.2) is 4.79 Å². The number of aromatic nitrogens is 2. The van der Waals surface area contributed by atoms with Gasteiger partial charge in [0.15, 0.2) is 0 Å². The number of nitriles is 1. The third-order valence-corrected chi connectivity index (χ3v) is 13.9. The Labute approximate surface area is 412 Å². The number of nitrogens with zero attached hydrogens (tertiary/aromatic N) is 8. The van der Waals surface area contributed by atoms with Gasteiger partial charge in [-0.1, -0.05) is 36.4 Å². The maximum atomic E-state index is 12.9. The summed E-state index contributed by atoms with van der Waals surface area (Å²) < 4.78 is 35.6. The molecule has 5 amide bonds. The molecule has 3 saturated heterocycles. The Morgan fingerprint density at radius 1 is 0.831 bits per heavy atom. The number of likely N-dealkylation sites (tertiary alicyclic amines) is 1. The van der Waals surface area contributed by atoms with E-state index in [9.17, 15) is 24.4 Å². The number of urea groups is 1. The second kappa shape index (κ2) is 23.1. The number of rotatable bonds is 21. The van der Waals surface area contributed by atoms with Crippen molar-refractivity contribution in [2.75, 3.05) is 109 Å². The summed E-state index contributed by atoms with van der Waals surface area (Å²) >= 11 is 0. The van der Waals surface area contributed by atoms with Crippen molar-refractivity contribution in [2.24, 2.45) is 5.73 Å². The highest BCUT2D eigenvalue weighted by Gasteiger charge is 2.40. The molecule has 0 radical (unpaired) electrons. The molecule has 1 unspecified atom stereocenters. The van der Waals surface area contributed by atoms with Crippen LogP contribution in [0, 0.1) is 11.3 Å². The average Bonchev–Trinajstić information content (AvgIpc) is 3.90. The van der Waals surface area contributed by atoms with Gasteiger partial charge in [0.1, 0.15) is 30.8 Å². The molecule has 376 valence electrons. The largest absolute Gasteiger partial charge is 0.491 e. The maximum Gasteiger partial charge on any atom is 0.318 e. The van der Waals surface area contributed by atoms with Crippen LogP contribution in [0.4, 0.5) is 16.3 Å². The van der Waals surface area contributed by atoms with Gasteiger partial charge in [-0.2, -0.15) is 15.2 Å². The molecule has 0 aliphatic carbocycles. The van der Waals surface area contributed by atoms with Crippen LogP contribution in [0.1, 0.15) is 52.9 Å². The van der Waals surface area contributed by atoms with Gasteiger partial charge in [0.05, 0.1) is 83.1 Å². The molecule has 4 aromatic rings. The normalized spacial score (nSPS) is 21.3. The number of ether oxygens (including phenoxy) is 6. The van der Waals surface area contributed by atoms with E-state index in [2.05, 4.69) is 75.6 Å². The predicted octanol–water partition coefficient (Wildman–Crippen LogP) is 3.03. The van der Waals surface area contributed by atoms with E-state index in [1.807, 2.05) is 6.07 Å². The number of piperazine rings is 1. The summed E-state index contributed by atoms with van der Waals surface area (Å²) in [6.45, 7) is 7.37. The molecule has 9 rings (SSSR count). The summed E-state index contributed by atoms with van der Waals surface area (Å²) in [4.78, 5) is 69.0. The number of amides is 5. The summed E-state index contributed by atoms with van der Waals surface area (Å²) in [7, 11) is 2.07. The zero-order chi connectivity index (χ0) is 49.3. The van der Waals surface area contributed by atoms with Crippen molar-refractivity contribution in [3.05, 3.63) is 83.0 Å². The fourth-order valence-electron chi connectivity index (χ4n) is 10.2. The number of likely N-dealkylation sites (N-methyl/N-ethyl adjacent to an activating group) is 1. The quantitative estimate of drug-likeness (QED) is 0.0904. The van der Waals surface area contributed by atoms with Crippen LogP contribution in [0.25, 0.3) is 10.8 Å². The molecule has 1 aromatic heterocycles. The highest BCUT2D eigenvalue weighted by molar-refractivity contribution is 6.05. The topological polar surface area (TPSA) is 227 Å². The molecular weight excluding hydrogens is 913 g/mol. The number of primary amides is 1. The SMILES string of the molecule is CN1C[C@H](OCCOCCOCCOCCOc2ccc3c(c2)CN(C2CCC(=O)NC2=O)C3=O)C[C@H]1COc1nc2c(c(N3CCN(C(N)=O)[C@@H](CC#N)C3)n1)CCN(c1cccc3ccccc13)C2. The number of fused-ring (bicyclic) bond motifs is 3. The van der Waals surface area contributed by atoms with Gasteiger partial charge in [-0.05, 0) is 61.5 Å². The summed E-state index contributed by atoms with van der Waals surface area (Å²) in [6.07, 6.45) is 2.22. The van der Waals surface area contributed by atoms with Crippen molar-refractivity contribution in [1.82, 2.24) is 30.0 Å². The molecule has 3 fully saturated rings. The Bertz CT molecular complexity index is 2610. The number of nitrogens with two attached hydrogens (primary N) is 1. The molecule has 20 nitrogen and oxygen atoms in total. The first-order chi connectivity index (χ1) is 34.6. The number of piperidine rings is 1. The molecule has 5 aliphatic heterocycles. The van der Waals surface area contributed by atoms with Crippen LogP contribution in [-0.2, 0) is 48.0 Å². The van der Waals surface area contributed by atoms with Gasteiger partial charge in [0, 0.05) is 73.9 Å². The highest BCUT2D eigenvalue weighted by Crippen LogP contribution is 2.36. The minimum atomic E-state index is -0.656. The van der Waals surface area contributed by atoms with Gasteiger partial charge >= 0.3 is 12.0 Å². The molecule has 0 saturated carbocycles. The molecule has 3 N–H and O–H groups in total. The molecule has 5 aliphatic rings. The van der Waals surface area contributed by atoms with Crippen molar-refractivity contribution in [3.8, 4) is 17.8 Å². The smallest absolute Gasteiger partial charge is 0.318 e. The van der Waals surface area contributed by atoms with Crippen LogP contribution in [0.5, 0.6) is 11.8 Å². The lowest BCUT2D eigenvalue weighted by Crippen LogP contribution is -2.57. The van der Waals surface area contributed by atoms with Crippen molar-refractivity contribution in [3.63, 3.8) is 0 Å². The Morgan fingerprint density at radius 2 is 1.61 bits per heavy atom. The third kappa shape index (κ3) is 11.8. The summed E-state index contributed by atoms with van der Waals surface area (Å²) in [5, 5.41) is 14.3. The number of benzene rings is 3. The number of carbonyl (C=O) groups is 4. The summed E-state index contributed by atoms with van der Waals surface area (Å²) in [6, 6.07) is 21.1. The van der Waals surface area contributed by atoms with E-state index in [1.165, 1.54) is 15.7 Å². The lowest BCUT2D eigenvalue weighted by atomic mass is 10.0. The zero-order valence-corrected chi connectivity index (χ0v) is 40.2. The van der Waals surface area contributed by atoms with Crippen LogP contribution in [0.15, 0.2) is 60.7 Å². The lowest BCUT2D eigenvalue weighted by Gasteiger charge is -2.41. The monoisotopic (exact) mass is 974 g/mol. The summed E-state index contributed by atoms with van der Waals surface area (Å²) in [5.74, 6) is 0.424. The number of hydrogen-bond donors (Lipinski definition) is 2. The fraction of sp³-hybridized carbons (Fsp3) is 0.510. The Morgan fingerprint density at radius 3 is 2.39 bits per heavy atom. The Kier molecular flexibility index (Phi) is 16.0. The number of carbonyl (C=O) groups excluding carboxylic acids is 4. The molecule has 0 spiro atoms. The first kappa shape index (κ1) is 49.4. The van der Waals surface area contributed by atoms with Crippen LogP contribution >= 0.6 is 0 Å². The van der Waals surface area contributed by atoms with E-state index in [-0.39, 0.29) is 49.4 Å². The first-order valence-corrected chi connectivity index (χ1v) is 24.5. The van der Waals surface area contributed by atoms with E-state index in [0.29, 0.717) is 109 Å². The molecule has 0 bridgehead atoms.